The van der Waals surface area contributed by atoms with E-state index in [-0.39, 0.29) is 18.6 Å². The smallest absolute Gasteiger partial charge is 0.315 e. The molecule has 17 heavy (non-hydrogen) atoms. The Balaban J connectivity index is 2.31. The van der Waals surface area contributed by atoms with Crippen molar-refractivity contribution in [2.75, 3.05) is 6.54 Å². The van der Waals surface area contributed by atoms with Gasteiger partial charge in [-0.15, -0.1) is 12.3 Å². The Kier molecular flexibility index (Phi) is 4.38. The van der Waals surface area contributed by atoms with Gasteiger partial charge in [0.25, 0.3) is 0 Å². The zero-order valence-corrected chi connectivity index (χ0v) is 9.95. The fourth-order valence-electron chi connectivity index (χ4n) is 1.54. The van der Waals surface area contributed by atoms with Crippen molar-refractivity contribution < 1.29 is 14.7 Å². The predicted octanol–water partition coefficient (Wildman–Crippen LogP) is 0.952. The number of urea groups is 1. The lowest BCUT2D eigenvalue weighted by Crippen LogP contribution is -2.44. The summed E-state index contributed by atoms with van der Waals surface area (Å²) in [4.78, 5) is 22.4. The molecule has 0 heterocycles. The first-order chi connectivity index (χ1) is 8.04. The van der Waals surface area contributed by atoms with Gasteiger partial charge >= 0.3 is 12.0 Å². The normalized spacial score (nSPS) is 17.6. The lowest BCUT2D eigenvalue weighted by atomic mass is 10.1. The van der Waals surface area contributed by atoms with E-state index in [0.29, 0.717) is 19.3 Å². The van der Waals surface area contributed by atoms with Crippen LogP contribution < -0.4 is 10.6 Å². The molecule has 1 unspecified atom stereocenters. The van der Waals surface area contributed by atoms with Crippen molar-refractivity contribution >= 4 is 12.0 Å². The van der Waals surface area contributed by atoms with E-state index < -0.39 is 11.4 Å². The molecule has 0 spiro atoms. The number of hydrogen-bond donors (Lipinski definition) is 3. The number of carboxylic acids is 1. The van der Waals surface area contributed by atoms with Crippen LogP contribution in [-0.2, 0) is 4.79 Å². The van der Waals surface area contributed by atoms with Crippen molar-refractivity contribution in [3.63, 3.8) is 0 Å². The van der Waals surface area contributed by atoms with Gasteiger partial charge in [-0.2, -0.15) is 0 Å². The average molecular weight is 238 g/mol. The summed E-state index contributed by atoms with van der Waals surface area (Å²) < 4.78 is 0. The second kappa shape index (κ2) is 5.58. The number of terminal acetylenes is 1. The average Bonchev–Trinajstić information content (AvgIpc) is 3.07. The highest BCUT2D eigenvalue weighted by Gasteiger charge is 2.50. The van der Waals surface area contributed by atoms with Gasteiger partial charge in [-0.3, -0.25) is 4.79 Å². The van der Waals surface area contributed by atoms with Crippen LogP contribution in [0.1, 0.15) is 32.6 Å². The van der Waals surface area contributed by atoms with Crippen molar-refractivity contribution in [3.8, 4) is 12.3 Å². The van der Waals surface area contributed by atoms with E-state index in [1.165, 1.54) is 0 Å². The topological polar surface area (TPSA) is 78.4 Å². The molecule has 1 atom stereocenters. The third-order valence-corrected chi connectivity index (χ3v) is 3.09. The van der Waals surface area contributed by atoms with Crippen LogP contribution in [0, 0.1) is 17.8 Å². The van der Waals surface area contributed by atoms with Gasteiger partial charge in [-0.05, 0) is 19.3 Å². The van der Waals surface area contributed by atoms with Crippen molar-refractivity contribution in [2.24, 2.45) is 5.41 Å². The molecule has 0 radical (unpaired) electrons. The maximum Gasteiger partial charge on any atom is 0.315 e. The summed E-state index contributed by atoms with van der Waals surface area (Å²) in [6.07, 6.45) is 7.66. The summed E-state index contributed by atoms with van der Waals surface area (Å²) in [7, 11) is 0. The highest BCUT2D eigenvalue weighted by atomic mass is 16.4. The summed E-state index contributed by atoms with van der Waals surface area (Å²) in [5.74, 6) is 1.65. The van der Waals surface area contributed by atoms with Crippen LogP contribution in [0.15, 0.2) is 0 Å². The number of carbonyl (C=O) groups excluding carboxylic acids is 1. The summed E-state index contributed by atoms with van der Waals surface area (Å²) in [5, 5.41) is 14.2. The van der Waals surface area contributed by atoms with Crippen LogP contribution >= 0.6 is 0 Å². The van der Waals surface area contributed by atoms with E-state index in [1.807, 2.05) is 6.92 Å². The first-order valence-corrected chi connectivity index (χ1v) is 5.75. The Bertz CT molecular complexity index is 342. The number of rotatable bonds is 6. The molecule has 0 aromatic heterocycles. The highest BCUT2D eigenvalue weighted by Crippen LogP contribution is 2.45. The van der Waals surface area contributed by atoms with Crippen LogP contribution in [0.4, 0.5) is 4.79 Å². The Labute approximate surface area is 101 Å². The van der Waals surface area contributed by atoms with E-state index in [4.69, 9.17) is 11.5 Å². The maximum absolute atomic E-state index is 11.5. The molecule has 3 N–H and O–H groups in total. The van der Waals surface area contributed by atoms with Gasteiger partial charge in [0.05, 0.1) is 5.41 Å². The molecule has 0 aromatic carbocycles. The molecule has 5 nitrogen and oxygen atoms in total. The van der Waals surface area contributed by atoms with Gasteiger partial charge in [-0.25, -0.2) is 4.79 Å². The second-order valence-electron chi connectivity index (χ2n) is 4.43. The number of carboxylic acid groups (broad SMARTS) is 1. The summed E-state index contributed by atoms with van der Waals surface area (Å²) >= 11 is 0. The van der Waals surface area contributed by atoms with Crippen molar-refractivity contribution in [1.29, 1.82) is 0 Å². The van der Waals surface area contributed by atoms with Crippen molar-refractivity contribution in [3.05, 3.63) is 0 Å². The molecule has 1 fully saturated rings. The van der Waals surface area contributed by atoms with E-state index in [9.17, 15) is 9.59 Å². The number of amides is 2. The monoisotopic (exact) mass is 238 g/mol. The van der Waals surface area contributed by atoms with Gasteiger partial charge in [0, 0.05) is 19.0 Å². The van der Waals surface area contributed by atoms with Gasteiger partial charge < -0.3 is 15.7 Å². The third-order valence-electron chi connectivity index (χ3n) is 3.09. The Morgan fingerprint density at radius 2 is 2.18 bits per heavy atom. The summed E-state index contributed by atoms with van der Waals surface area (Å²) in [6.45, 7) is 2.11. The highest BCUT2D eigenvalue weighted by molar-refractivity contribution is 5.80. The lowest BCUT2D eigenvalue weighted by Gasteiger charge is -2.16. The fourth-order valence-corrected chi connectivity index (χ4v) is 1.54. The number of nitrogens with one attached hydrogen (secondary N) is 2. The zero-order chi connectivity index (χ0) is 12.9. The standard InChI is InChI=1S/C12H18N2O3/c1-3-5-9(4-2)14-11(17)13-8-12(6-7-12)10(15)16/h1,9H,4-8H2,2H3,(H,15,16)(H2,13,14,17). The molecule has 0 aliphatic heterocycles. The molecule has 1 saturated carbocycles. The van der Waals surface area contributed by atoms with E-state index in [1.54, 1.807) is 0 Å². The van der Waals surface area contributed by atoms with Crippen molar-refractivity contribution in [2.45, 2.75) is 38.6 Å². The van der Waals surface area contributed by atoms with Crippen LogP contribution in [0.3, 0.4) is 0 Å². The van der Waals surface area contributed by atoms with Crippen LogP contribution in [0.2, 0.25) is 0 Å². The largest absolute Gasteiger partial charge is 0.481 e. The number of aliphatic carboxylic acids is 1. The molecule has 1 aliphatic rings. The van der Waals surface area contributed by atoms with E-state index in [0.717, 1.165) is 6.42 Å². The third kappa shape index (κ3) is 3.66. The summed E-state index contributed by atoms with van der Waals surface area (Å²) in [5.41, 5.74) is -0.731. The Morgan fingerprint density at radius 3 is 2.59 bits per heavy atom. The van der Waals surface area contributed by atoms with Crippen LogP contribution in [0.5, 0.6) is 0 Å². The maximum atomic E-state index is 11.5. The van der Waals surface area contributed by atoms with E-state index in [2.05, 4.69) is 16.6 Å². The minimum atomic E-state index is -0.839. The fraction of sp³-hybridized carbons (Fsp3) is 0.667. The molecular formula is C12H18N2O3. The molecule has 1 aliphatic carbocycles. The van der Waals surface area contributed by atoms with Gasteiger partial charge in [0.15, 0.2) is 0 Å². The molecular weight excluding hydrogens is 220 g/mol. The van der Waals surface area contributed by atoms with Crippen LogP contribution in [-0.4, -0.2) is 29.7 Å². The minimum Gasteiger partial charge on any atom is -0.481 e. The molecule has 94 valence electrons. The Morgan fingerprint density at radius 1 is 1.53 bits per heavy atom. The quantitative estimate of drug-likeness (QED) is 0.603. The molecule has 2 amide bonds. The number of hydrogen-bond acceptors (Lipinski definition) is 2. The van der Waals surface area contributed by atoms with Gasteiger partial charge in [-0.1, -0.05) is 6.92 Å². The second-order valence-corrected chi connectivity index (χ2v) is 4.43. The first kappa shape index (κ1) is 13.4. The minimum absolute atomic E-state index is 0.0556. The van der Waals surface area contributed by atoms with E-state index >= 15 is 0 Å². The summed E-state index contributed by atoms with van der Waals surface area (Å²) in [6, 6.07) is -0.403. The first-order valence-electron chi connectivity index (χ1n) is 5.75. The van der Waals surface area contributed by atoms with Crippen molar-refractivity contribution in [1.82, 2.24) is 10.6 Å². The number of carbonyl (C=O) groups is 2. The molecule has 5 heteroatoms. The molecule has 0 bridgehead atoms. The van der Waals surface area contributed by atoms with Crippen LogP contribution in [0.25, 0.3) is 0 Å². The molecule has 0 saturated heterocycles. The zero-order valence-electron chi connectivity index (χ0n) is 9.95. The van der Waals surface area contributed by atoms with Gasteiger partial charge in [0.1, 0.15) is 0 Å². The van der Waals surface area contributed by atoms with Gasteiger partial charge in [0.2, 0.25) is 0 Å². The Hall–Kier alpha value is -1.70. The molecule has 0 aromatic rings. The lowest BCUT2D eigenvalue weighted by molar-refractivity contribution is -0.143. The SMILES string of the molecule is C#CCC(CC)NC(=O)NCC1(C(=O)O)CC1. The molecule has 1 rings (SSSR count). The predicted molar refractivity (Wildman–Crippen MR) is 63.4 cm³/mol.